The third kappa shape index (κ3) is 8.97. The number of nitrogens with one attached hydrogen (secondary N) is 2. The molecule has 2 N–H and O–H groups in total. The molecule has 1 heterocycles. The van der Waals surface area contributed by atoms with Gasteiger partial charge in [-0.3, -0.25) is 24.2 Å². The van der Waals surface area contributed by atoms with Gasteiger partial charge in [0.1, 0.15) is 17.8 Å². The maximum atomic E-state index is 13.6. The molecular formula is C30H29ClF3N3O4. The molecule has 0 saturated carbocycles. The van der Waals surface area contributed by atoms with Crippen LogP contribution in [0.25, 0.3) is 0 Å². The molecular weight excluding hydrogens is 559 g/mol. The Balaban J connectivity index is 1.92. The van der Waals surface area contributed by atoms with Crippen molar-refractivity contribution in [2.45, 2.75) is 44.9 Å². The molecule has 1 aromatic heterocycles. The second kappa shape index (κ2) is 14.0. The van der Waals surface area contributed by atoms with Gasteiger partial charge in [0.2, 0.25) is 11.7 Å². The maximum Gasteiger partial charge on any atom is 0.450 e. The van der Waals surface area contributed by atoms with Crippen molar-refractivity contribution in [3.05, 3.63) is 101 Å². The fourth-order valence-electron chi connectivity index (χ4n) is 4.25. The van der Waals surface area contributed by atoms with Crippen molar-refractivity contribution in [1.82, 2.24) is 15.6 Å². The highest BCUT2D eigenvalue weighted by atomic mass is 35.5. The summed E-state index contributed by atoms with van der Waals surface area (Å²) in [4.78, 5) is 56.1. The lowest BCUT2D eigenvalue weighted by Gasteiger charge is -2.26. The molecule has 0 unspecified atom stereocenters. The molecule has 7 nitrogen and oxygen atoms in total. The third-order valence-corrected chi connectivity index (χ3v) is 6.67. The Labute approximate surface area is 240 Å². The van der Waals surface area contributed by atoms with Gasteiger partial charge in [-0.2, -0.15) is 13.2 Å². The van der Waals surface area contributed by atoms with Gasteiger partial charge in [-0.25, -0.2) is 0 Å². The predicted octanol–water partition coefficient (Wildman–Crippen LogP) is 5.30. The van der Waals surface area contributed by atoms with Crippen molar-refractivity contribution in [3.8, 4) is 0 Å². The van der Waals surface area contributed by atoms with E-state index in [4.69, 9.17) is 11.6 Å². The number of rotatable bonds is 12. The van der Waals surface area contributed by atoms with Crippen molar-refractivity contribution in [2.24, 2.45) is 11.8 Å². The van der Waals surface area contributed by atoms with Gasteiger partial charge in [-0.15, -0.1) is 0 Å². The quantitative estimate of drug-likeness (QED) is 0.299. The zero-order valence-electron chi connectivity index (χ0n) is 22.3. The Morgan fingerprint density at radius 3 is 2.17 bits per heavy atom. The number of pyridine rings is 1. The Hall–Kier alpha value is -4.05. The van der Waals surface area contributed by atoms with Gasteiger partial charge < -0.3 is 10.6 Å². The van der Waals surface area contributed by atoms with E-state index >= 15 is 0 Å². The summed E-state index contributed by atoms with van der Waals surface area (Å²) < 4.78 is 39.8. The van der Waals surface area contributed by atoms with Crippen LogP contribution in [0.2, 0.25) is 5.02 Å². The number of benzene rings is 2. The number of carbonyl (C=O) groups excluding carboxylic acids is 4. The second-order valence-electron chi connectivity index (χ2n) is 9.81. The lowest BCUT2D eigenvalue weighted by Crippen LogP contribution is -2.50. The zero-order valence-corrected chi connectivity index (χ0v) is 23.1. The van der Waals surface area contributed by atoms with Gasteiger partial charge in [0.25, 0.3) is 5.91 Å². The predicted molar refractivity (Wildman–Crippen MR) is 147 cm³/mol. The molecule has 41 heavy (non-hydrogen) atoms. The molecule has 0 spiro atoms. The highest BCUT2D eigenvalue weighted by Gasteiger charge is 2.45. The number of ketones is 2. The number of carbonyl (C=O) groups is 4. The topological polar surface area (TPSA) is 105 Å². The Morgan fingerprint density at radius 2 is 1.59 bits per heavy atom. The molecule has 0 saturated heterocycles. The van der Waals surface area contributed by atoms with E-state index in [1.54, 1.807) is 54.6 Å². The molecule has 3 aromatic rings. The van der Waals surface area contributed by atoms with Crippen LogP contribution in [0.15, 0.2) is 79.0 Å². The zero-order chi connectivity index (χ0) is 30.2. The molecule has 11 heteroatoms. The van der Waals surface area contributed by atoms with E-state index in [-0.39, 0.29) is 12.1 Å². The van der Waals surface area contributed by atoms with E-state index in [9.17, 15) is 32.3 Å². The van der Waals surface area contributed by atoms with Gasteiger partial charge in [0, 0.05) is 30.0 Å². The standard InChI is InChI=1S/C30H29ClF3N3O4/c1-18(2)22(27(39)30(32,33)34)17-25(38)26(20-10-4-3-5-11-20)37-29(41)24(16-19-9-8-12-21(31)15-19)36-28(40)23-13-6-7-14-35-23/h3-15,18,22,24,26H,16-17H2,1-2H3,(H,36,40)(H,37,41)/t22-,24+,26-/m0/s1. The number of alkyl halides is 3. The van der Waals surface area contributed by atoms with Crippen molar-refractivity contribution >= 4 is 35.0 Å². The third-order valence-electron chi connectivity index (χ3n) is 6.43. The average Bonchev–Trinajstić information content (AvgIpc) is 2.94. The van der Waals surface area contributed by atoms with E-state index in [2.05, 4.69) is 15.6 Å². The lowest BCUT2D eigenvalue weighted by molar-refractivity contribution is -0.177. The molecule has 0 aliphatic heterocycles. The van der Waals surface area contributed by atoms with Crippen molar-refractivity contribution < 1.29 is 32.3 Å². The van der Waals surface area contributed by atoms with Crippen LogP contribution in [0.1, 0.15) is 47.9 Å². The Bertz CT molecular complexity index is 1370. The van der Waals surface area contributed by atoms with Crippen LogP contribution in [0, 0.1) is 11.8 Å². The first-order valence-electron chi connectivity index (χ1n) is 12.8. The summed E-state index contributed by atoms with van der Waals surface area (Å²) >= 11 is 6.10. The van der Waals surface area contributed by atoms with Crippen molar-refractivity contribution in [3.63, 3.8) is 0 Å². The molecule has 3 rings (SSSR count). The van der Waals surface area contributed by atoms with Gasteiger partial charge in [0.15, 0.2) is 5.78 Å². The molecule has 0 aliphatic rings. The minimum Gasteiger partial charge on any atom is -0.340 e. The van der Waals surface area contributed by atoms with Crippen LogP contribution in [0.4, 0.5) is 13.2 Å². The Kier molecular flexibility index (Phi) is 10.8. The molecule has 0 bridgehead atoms. The number of halogens is 4. The monoisotopic (exact) mass is 587 g/mol. The Morgan fingerprint density at radius 1 is 0.902 bits per heavy atom. The normalized spacial score (nSPS) is 13.6. The highest BCUT2D eigenvalue weighted by molar-refractivity contribution is 6.30. The first-order chi connectivity index (χ1) is 19.4. The number of hydrogen-bond acceptors (Lipinski definition) is 5. The smallest absolute Gasteiger partial charge is 0.340 e. The van der Waals surface area contributed by atoms with E-state index in [0.717, 1.165) is 0 Å². The number of amides is 2. The fourth-order valence-corrected chi connectivity index (χ4v) is 4.47. The summed E-state index contributed by atoms with van der Waals surface area (Å²) in [6, 6.07) is 16.7. The minimum atomic E-state index is -5.11. The lowest BCUT2D eigenvalue weighted by atomic mass is 9.84. The first-order valence-corrected chi connectivity index (χ1v) is 13.2. The van der Waals surface area contributed by atoms with E-state index in [1.165, 1.54) is 38.2 Å². The molecule has 2 amide bonds. The SMILES string of the molecule is CC(C)[C@H](CC(=O)[C@@H](NC(=O)[C@@H](Cc1cccc(Cl)c1)NC(=O)c1ccccn1)c1ccccc1)C(=O)C(F)(F)F. The van der Waals surface area contributed by atoms with Crippen LogP contribution in [-0.2, 0) is 20.8 Å². The highest BCUT2D eigenvalue weighted by Crippen LogP contribution is 2.30. The van der Waals surface area contributed by atoms with Crippen LogP contribution in [-0.4, -0.2) is 40.6 Å². The van der Waals surface area contributed by atoms with Gasteiger partial charge in [0.05, 0.1) is 0 Å². The van der Waals surface area contributed by atoms with E-state index in [0.29, 0.717) is 16.1 Å². The van der Waals surface area contributed by atoms with E-state index < -0.39 is 59.9 Å². The summed E-state index contributed by atoms with van der Waals surface area (Å²) in [6.07, 6.45) is -4.45. The molecule has 0 aliphatic carbocycles. The number of Topliss-reactive ketones (excluding diaryl/α,β-unsaturated/α-hetero) is 2. The van der Waals surface area contributed by atoms with Crippen LogP contribution in [0.5, 0.6) is 0 Å². The summed E-state index contributed by atoms with van der Waals surface area (Å²) in [5.74, 6) is -6.60. The van der Waals surface area contributed by atoms with Gasteiger partial charge in [-0.1, -0.05) is 74.0 Å². The van der Waals surface area contributed by atoms with Crippen LogP contribution in [0.3, 0.4) is 0 Å². The number of aromatic nitrogens is 1. The molecule has 2 aromatic carbocycles. The molecule has 3 atom stereocenters. The summed E-state index contributed by atoms with van der Waals surface area (Å²) in [6.45, 7) is 2.84. The molecule has 0 radical (unpaired) electrons. The van der Waals surface area contributed by atoms with Gasteiger partial charge >= 0.3 is 6.18 Å². The minimum absolute atomic E-state index is 0.0121. The van der Waals surface area contributed by atoms with Crippen LogP contribution < -0.4 is 10.6 Å². The van der Waals surface area contributed by atoms with Crippen LogP contribution >= 0.6 is 11.6 Å². The number of hydrogen-bond donors (Lipinski definition) is 2. The summed E-state index contributed by atoms with van der Waals surface area (Å²) in [7, 11) is 0. The van der Waals surface area contributed by atoms with E-state index in [1.807, 2.05) is 0 Å². The van der Waals surface area contributed by atoms with Crippen molar-refractivity contribution in [1.29, 1.82) is 0 Å². The summed E-state index contributed by atoms with van der Waals surface area (Å²) in [5, 5.41) is 5.63. The average molecular weight is 588 g/mol. The van der Waals surface area contributed by atoms with Crippen molar-refractivity contribution in [2.75, 3.05) is 0 Å². The first kappa shape index (κ1) is 31.5. The molecule has 0 fully saturated rings. The fraction of sp³-hybridized carbons (Fsp3) is 0.300. The molecule has 216 valence electrons. The summed E-state index contributed by atoms with van der Waals surface area (Å²) in [5.41, 5.74) is 0.972. The second-order valence-corrected chi connectivity index (χ2v) is 10.2. The number of nitrogens with zero attached hydrogens (tertiary/aromatic N) is 1. The maximum absolute atomic E-state index is 13.6. The van der Waals surface area contributed by atoms with Gasteiger partial charge in [-0.05, 0) is 41.3 Å². The largest absolute Gasteiger partial charge is 0.450 e.